The topological polar surface area (TPSA) is 359 Å². The standard InChI is InChI=1S/C36H31N9O12S3.3Na/c1-56-28-13-18(3-10-26(28)42-41-25-12-5-21(37)17-24(25)38)19-4-11-27(29(14-19)57-2)43-44-34-30(59(50,51)52)15-20-16-31(60(53,54)55)35(36(46)32(20)33(34)39)45-40-22-6-8-23(9-7-22)58(47,48)49;;;/h3-17,40H,37-39H2,1-2H3,(H,47,48,49)(H,50,51,52)(H,53,54,55);;;/q;3*+1/p-3. The first kappa shape index (κ1) is 53.2. The van der Waals surface area contributed by atoms with E-state index in [9.17, 15) is 43.7 Å². The summed E-state index contributed by atoms with van der Waals surface area (Å²) in [6.07, 6.45) is 0.598. The number of nitrogens with one attached hydrogen (secondary N) is 1. The number of hydrogen-bond acceptors (Lipinski definition) is 21. The van der Waals surface area contributed by atoms with Gasteiger partial charge < -0.3 is 40.3 Å². The van der Waals surface area contributed by atoms with Crippen LogP contribution in [0.3, 0.4) is 0 Å². The molecule has 0 aromatic heterocycles. The molecule has 0 bridgehead atoms. The zero-order chi connectivity index (χ0) is 43.7. The SMILES string of the molecule is COc1cc(-c2ccc(N=Nc3c(S(=O)(=O)[O-])cc4c(c3N)C(=O)C(=NNc3ccc(S(=O)(=O)[O-])cc3)C(S(=O)(=O)[O-])=C4)c(OC)c2)ccc1N=Nc1ccc(N)cc1N.[Na+].[Na+].[Na+]. The number of azo groups is 2. The van der Waals surface area contributed by atoms with Crippen LogP contribution in [0.5, 0.6) is 11.5 Å². The van der Waals surface area contributed by atoms with Gasteiger partial charge in [-0.1, -0.05) is 12.1 Å². The Balaban J connectivity index is 0.00000352. The van der Waals surface area contributed by atoms with Crippen LogP contribution in [0.25, 0.3) is 17.2 Å². The quantitative estimate of drug-likeness (QED) is 0.0308. The molecule has 310 valence electrons. The van der Waals surface area contributed by atoms with Gasteiger partial charge in [-0.15, -0.1) is 20.5 Å². The summed E-state index contributed by atoms with van der Waals surface area (Å²) in [4.78, 5) is 10.9. The second-order valence-corrected chi connectivity index (χ2v) is 16.5. The number of carbonyl (C=O) groups excluding carboxylic acids is 1. The summed E-state index contributed by atoms with van der Waals surface area (Å²) in [5.74, 6) is -0.856. The van der Waals surface area contributed by atoms with Gasteiger partial charge in [0.1, 0.15) is 70.3 Å². The Morgan fingerprint density at radius 2 is 1.14 bits per heavy atom. The number of nitrogens with two attached hydrogens (primary N) is 3. The van der Waals surface area contributed by atoms with Crippen LogP contribution in [0.1, 0.15) is 15.9 Å². The number of nitrogen functional groups attached to an aromatic ring is 3. The molecule has 27 heteroatoms. The monoisotopic (exact) mass is 943 g/mol. The van der Waals surface area contributed by atoms with Gasteiger partial charge in [0.15, 0.2) is 0 Å². The molecule has 0 saturated carbocycles. The Morgan fingerprint density at radius 1 is 0.619 bits per heavy atom. The van der Waals surface area contributed by atoms with Crippen molar-refractivity contribution in [2.45, 2.75) is 9.79 Å². The third kappa shape index (κ3) is 12.2. The predicted octanol–water partition coefficient (Wildman–Crippen LogP) is -3.68. The maximum absolute atomic E-state index is 13.8. The van der Waals surface area contributed by atoms with Crippen LogP contribution >= 0.6 is 0 Å². The fourth-order valence-corrected chi connectivity index (χ4v) is 7.43. The normalized spacial score (nSPS) is 13.4. The van der Waals surface area contributed by atoms with E-state index in [0.29, 0.717) is 51.8 Å². The van der Waals surface area contributed by atoms with Crippen molar-refractivity contribution < 1.29 is 142 Å². The molecule has 0 unspecified atom stereocenters. The number of allylic oxidation sites excluding steroid dienone is 1. The van der Waals surface area contributed by atoms with Gasteiger partial charge in [0.05, 0.1) is 51.5 Å². The number of anilines is 4. The molecule has 7 N–H and O–H groups in total. The minimum Gasteiger partial charge on any atom is -0.744 e. The van der Waals surface area contributed by atoms with Crippen LogP contribution in [-0.4, -0.2) is 64.6 Å². The molecule has 5 aromatic carbocycles. The molecule has 0 saturated heterocycles. The number of carbonyl (C=O) groups is 1. The van der Waals surface area contributed by atoms with Gasteiger partial charge in [-0.05, 0) is 95.6 Å². The van der Waals surface area contributed by atoms with E-state index in [0.717, 1.165) is 24.3 Å². The molecule has 0 spiro atoms. The van der Waals surface area contributed by atoms with Crippen LogP contribution in [0.15, 0.2) is 125 Å². The molecule has 0 heterocycles. The molecule has 0 fully saturated rings. The summed E-state index contributed by atoms with van der Waals surface area (Å²) in [7, 11) is -13.0. The molecule has 0 amide bonds. The van der Waals surface area contributed by atoms with Crippen molar-refractivity contribution in [3.8, 4) is 22.6 Å². The number of fused-ring (bicyclic) bond motifs is 1. The number of benzene rings is 5. The van der Waals surface area contributed by atoms with Crippen molar-refractivity contribution in [3.63, 3.8) is 0 Å². The van der Waals surface area contributed by atoms with Crippen molar-refractivity contribution in [3.05, 3.63) is 101 Å². The molecular formula is C36H28N9Na3O12S3. The van der Waals surface area contributed by atoms with E-state index in [2.05, 4.69) is 31.0 Å². The number of hydrazone groups is 1. The predicted molar refractivity (Wildman–Crippen MR) is 215 cm³/mol. The molecule has 5 aromatic rings. The third-order valence-corrected chi connectivity index (χ3v) is 11.1. The summed E-state index contributed by atoms with van der Waals surface area (Å²) in [6, 6.07) is 19.0. The van der Waals surface area contributed by atoms with E-state index in [1.54, 1.807) is 48.5 Å². The molecule has 0 radical (unpaired) electrons. The Labute approximate surface area is 426 Å². The molecule has 21 nitrogen and oxygen atoms in total. The van der Waals surface area contributed by atoms with Gasteiger partial charge in [0.25, 0.3) is 0 Å². The van der Waals surface area contributed by atoms with Crippen molar-refractivity contribution >= 4 is 93.4 Å². The minimum absolute atomic E-state index is 0. The zero-order valence-electron chi connectivity index (χ0n) is 33.8. The fraction of sp³-hybridized carbons (Fsp3) is 0.0556. The maximum Gasteiger partial charge on any atom is 1.00 e. The van der Waals surface area contributed by atoms with Gasteiger partial charge in [-0.2, -0.15) is 5.10 Å². The number of hydrogen-bond donors (Lipinski definition) is 4. The number of Topliss-reactive ketones (excluding diaryl/α,β-unsaturated/α-hetero) is 1. The molecule has 0 aliphatic heterocycles. The van der Waals surface area contributed by atoms with E-state index in [1.165, 1.54) is 20.3 Å². The Hall–Kier alpha value is -4.09. The number of rotatable bonds is 12. The van der Waals surface area contributed by atoms with Crippen LogP contribution in [0, 0.1) is 0 Å². The average Bonchev–Trinajstić information content (AvgIpc) is 3.18. The first-order valence-electron chi connectivity index (χ1n) is 16.6. The zero-order valence-corrected chi connectivity index (χ0v) is 42.2. The van der Waals surface area contributed by atoms with E-state index in [-0.39, 0.29) is 106 Å². The maximum atomic E-state index is 13.8. The first-order chi connectivity index (χ1) is 28.2. The molecule has 1 aliphatic rings. The van der Waals surface area contributed by atoms with Gasteiger partial charge >= 0.3 is 88.7 Å². The Kier molecular flexibility index (Phi) is 18.0. The largest absolute Gasteiger partial charge is 1.00 e. The van der Waals surface area contributed by atoms with Crippen molar-refractivity contribution in [2.24, 2.45) is 25.6 Å². The molecular weight excluding hydrogens is 916 g/mol. The van der Waals surface area contributed by atoms with Gasteiger partial charge in [0.2, 0.25) is 5.78 Å². The second-order valence-electron chi connectivity index (χ2n) is 12.4. The van der Waals surface area contributed by atoms with E-state index < -0.39 is 79.0 Å². The van der Waals surface area contributed by atoms with Crippen LogP contribution in [0.4, 0.5) is 45.5 Å². The molecule has 6 rings (SSSR count). The second kappa shape index (κ2) is 21.3. The summed E-state index contributed by atoms with van der Waals surface area (Å²) < 4.78 is 119. The minimum atomic E-state index is -5.50. The number of methoxy groups -OCH3 is 2. The molecule has 0 atom stereocenters. The van der Waals surface area contributed by atoms with E-state index >= 15 is 0 Å². The van der Waals surface area contributed by atoms with E-state index in [4.69, 9.17) is 26.7 Å². The molecule has 63 heavy (non-hydrogen) atoms. The summed E-state index contributed by atoms with van der Waals surface area (Å²) in [5, 5.41) is 20.1. The van der Waals surface area contributed by atoms with Crippen LogP contribution < -0.4 is 121 Å². The third-order valence-electron chi connectivity index (χ3n) is 8.54. The van der Waals surface area contributed by atoms with Crippen LogP contribution in [-0.2, 0) is 30.4 Å². The number of ether oxygens (including phenoxy) is 2. The van der Waals surface area contributed by atoms with Gasteiger partial charge in [0, 0.05) is 5.69 Å². The smallest absolute Gasteiger partial charge is 0.744 e. The number of ketones is 1. The van der Waals surface area contributed by atoms with Crippen LogP contribution in [0.2, 0.25) is 0 Å². The average molecular weight is 944 g/mol. The summed E-state index contributed by atoms with van der Waals surface area (Å²) >= 11 is 0. The van der Waals surface area contributed by atoms with Gasteiger partial charge in [-0.25, -0.2) is 25.3 Å². The van der Waals surface area contributed by atoms with Gasteiger partial charge in [-0.3, -0.25) is 10.2 Å². The summed E-state index contributed by atoms with van der Waals surface area (Å²) in [5.41, 5.74) is 19.3. The number of nitrogens with zero attached hydrogens (tertiary/aromatic N) is 5. The Morgan fingerprint density at radius 3 is 1.63 bits per heavy atom. The van der Waals surface area contributed by atoms with Crippen molar-refractivity contribution in [2.75, 3.05) is 36.8 Å². The Bertz CT molecular complexity index is 3080. The van der Waals surface area contributed by atoms with Crippen molar-refractivity contribution in [1.29, 1.82) is 0 Å². The summed E-state index contributed by atoms with van der Waals surface area (Å²) in [6.45, 7) is 0. The fourth-order valence-electron chi connectivity index (χ4n) is 5.66. The van der Waals surface area contributed by atoms with E-state index in [1.807, 2.05) is 0 Å². The molecule has 1 aliphatic carbocycles. The first-order valence-corrected chi connectivity index (χ1v) is 20.8. The van der Waals surface area contributed by atoms with Crippen molar-refractivity contribution in [1.82, 2.24) is 0 Å².